The monoisotopic (exact) mass is 417 g/mol. The van der Waals surface area contributed by atoms with Crippen LogP contribution in [0, 0.1) is 11.7 Å². The molecule has 1 saturated carbocycles. The van der Waals surface area contributed by atoms with Gasteiger partial charge in [-0.15, -0.1) is 12.4 Å². The fraction of sp³-hybridized carbons (Fsp3) is 0.529. The first-order valence-electron chi connectivity index (χ1n) is 8.76. The van der Waals surface area contributed by atoms with Crippen molar-refractivity contribution in [2.45, 2.75) is 38.3 Å². The molecule has 4 rings (SSSR count). The van der Waals surface area contributed by atoms with E-state index in [1.54, 1.807) is 0 Å². The van der Waals surface area contributed by atoms with Crippen molar-refractivity contribution < 1.29 is 4.39 Å². The molecule has 27 heavy (non-hydrogen) atoms. The zero-order valence-electron chi connectivity index (χ0n) is 14.8. The lowest BCUT2D eigenvalue weighted by molar-refractivity contribution is 0.487. The van der Waals surface area contributed by atoms with E-state index in [1.807, 2.05) is 11.8 Å². The number of anilines is 1. The molecule has 4 N–H and O–H groups in total. The summed E-state index contributed by atoms with van der Waals surface area (Å²) >= 11 is 6.57. The molecule has 1 aliphatic carbocycles. The Morgan fingerprint density at radius 2 is 1.96 bits per heavy atom. The van der Waals surface area contributed by atoms with E-state index < -0.39 is 17.1 Å². The second-order valence-corrected chi connectivity index (χ2v) is 7.71. The fourth-order valence-corrected chi connectivity index (χ4v) is 4.21. The Bertz CT molecular complexity index is 1020. The van der Waals surface area contributed by atoms with Crippen LogP contribution in [-0.2, 0) is 0 Å². The van der Waals surface area contributed by atoms with Gasteiger partial charge in [-0.2, -0.15) is 4.68 Å². The van der Waals surface area contributed by atoms with Gasteiger partial charge in [-0.25, -0.2) is 9.18 Å². The minimum Gasteiger partial charge on any atom is -0.368 e. The summed E-state index contributed by atoms with van der Waals surface area (Å²) < 4.78 is 16.8. The van der Waals surface area contributed by atoms with Crippen molar-refractivity contribution in [3.63, 3.8) is 0 Å². The van der Waals surface area contributed by atoms with E-state index in [0.717, 1.165) is 25.3 Å². The summed E-state index contributed by atoms with van der Waals surface area (Å²) in [4.78, 5) is 26.8. The molecular formula is C17H22Cl2FN5O2. The molecule has 0 amide bonds. The number of hydrogen-bond donors (Lipinski definition) is 2. The molecule has 148 valence electrons. The Kier molecular flexibility index (Phi) is 5.18. The summed E-state index contributed by atoms with van der Waals surface area (Å²) in [6.07, 6.45) is 2.44. The third-order valence-corrected chi connectivity index (χ3v) is 5.83. The molecule has 7 nitrogen and oxygen atoms in total. The molecule has 1 unspecified atom stereocenters. The van der Waals surface area contributed by atoms with Crippen molar-refractivity contribution in [3.05, 3.63) is 37.7 Å². The fourth-order valence-electron chi connectivity index (χ4n) is 3.81. The molecule has 1 saturated heterocycles. The number of benzene rings is 1. The Morgan fingerprint density at radius 1 is 1.30 bits per heavy atom. The Hall–Kier alpha value is -1.77. The predicted molar refractivity (Wildman–Crippen MR) is 107 cm³/mol. The van der Waals surface area contributed by atoms with Crippen LogP contribution in [0.25, 0.3) is 10.9 Å². The van der Waals surface area contributed by atoms with E-state index in [4.69, 9.17) is 23.2 Å². The first-order chi connectivity index (χ1) is 12.3. The highest BCUT2D eigenvalue weighted by Crippen LogP contribution is 2.41. The molecule has 0 radical (unpaired) electrons. The largest absolute Gasteiger partial charge is 0.368 e. The van der Waals surface area contributed by atoms with E-state index in [-0.39, 0.29) is 52.0 Å². The van der Waals surface area contributed by atoms with Crippen molar-refractivity contribution in [2.75, 3.05) is 23.8 Å². The minimum atomic E-state index is -0.746. The maximum Gasteiger partial charge on any atom is 0.350 e. The molecule has 2 atom stereocenters. The quantitative estimate of drug-likeness (QED) is 0.738. The number of fused-ring (bicyclic) bond motifs is 1. The van der Waals surface area contributed by atoms with Gasteiger partial charge in [0, 0.05) is 25.2 Å². The van der Waals surface area contributed by atoms with E-state index in [0.29, 0.717) is 17.8 Å². The normalized spacial score (nSPS) is 20.7. The third-order valence-electron chi connectivity index (χ3n) is 5.47. The van der Waals surface area contributed by atoms with E-state index in [1.165, 1.54) is 4.57 Å². The smallest absolute Gasteiger partial charge is 0.350 e. The van der Waals surface area contributed by atoms with Gasteiger partial charge in [0.25, 0.3) is 5.56 Å². The third kappa shape index (κ3) is 3.09. The van der Waals surface area contributed by atoms with E-state index >= 15 is 0 Å². The highest BCUT2D eigenvalue weighted by Gasteiger charge is 2.33. The lowest BCUT2D eigenvalue weighted by atomic mass is 10.0. The summed E-state index contributed by atoms with van der Waals surface area (Å²) in [6, 6.07) is 1.07. The second kappa shape index (κ2) is 7.00. The molecule has 2 fully saturated rings. The standard InChI is InChI=1S/C17H21ClFN5O2.ClH/c1-8(20)9-4-5-22(7-9)15-12(19)6-11-14(13(15)18)23(10-2-3-10)17(26)24(21)16(11)25;/h6,8-10H,2-5,7,20-21H2,1H3;1H/t8-,9?;/m0./s1. The molecule has 2 heterocycles. The average Bonchev–Trinajstić information content (AvgIpc) is 3.30. The highest BCUT2D eigenvalue weighted by molar-refractivity contribution is 6.38. The molecule has 1 aromatic heterocycles. The molecule has 1 aliphatic heterocycles. The number of rotatable bonds is 3. The van der Waals surface area contributed by atoms with Gasteiger partial charge < -0.3 is 16.5 Å². The first kappa shape index (κ1) is 20.0. The number of halogens is 3. The molecule has 10 heteroatoms. The van der Waals surface area contributed by atoms with Crippen LogP contribution in [-0.4, -0.2) is 28.4 Å². The average molecular weight is 418 g/mol. The number of hydrogen-bond acceptors (Lipinski definition) is 5. The first-order valence-corrected chi connectivity index (χ1v) is 9.14. The van der Waals surface area contributed by atoms with Crippen LogP contribution < -0.4 is 27.7 Å². The summed E-state index contributed by atoms with van der Waals surface area (Å²) in [5, 5.41) is 0.111. The maximum absolute atomic E-state index is 14.9. The zero-order valence-corrected chi connectivity index (χ0v) is 16.4. The van der Waals surface area contributed by atoms with Crippen molar-refractivity contribution in [2.24, 2.45) is 11.7 Å². The summed E-state index contributed by atoms with van der Waals surface area (Å²) in [7, 11) is 0. The Labute approximate surface area is 166 Å². The topological polar surface area (TPSA) is 99.3 Å². The highest BCUT2D eigenvalue weighted by atomic mass is 35.5. The van der Waals surface area contributed by atoms with Gasteiger partial charge >= 0.3 is 5.69 Å². The van der Waals surface area contributed by atoms with Crippen molar-refractivity contribution in [1.29, 1.82) is 0 Å². The molecule has 2 aromatic rings. The summed E-state index contributed by atoms with van der Waals surface area (Å²) in [5.41, 5.74) is 5.10. The summed E-state index contributed by atoms with van der Waals surface area (Å²) in [6.45, 7) is 3.14. The number of nitrogens with two attached hydrogens (primary N) is 2. The van der Waals surface area contributed by atoms with Crippen molar-refractivity contribution >= 4 is 40.6 Å². The SMILES string of the molecule is C[C@H](N)C1CCN(c2c(F)cc3c(=O)n(N)c(=O)n(C4CC4)c3c2Cl)C1.Cl. The van der Waals surface area contributed by atoms with Gasteiger partial charge in [-0.05, 0) is 38.2 Å². The predicted octanol–water partition coefficient (Wildman–Crippen LogP) is 1.60. The van der Waals surface area contributed by atoms with Crippen molar-refractivity contribution in [3.8, 4) is 0 Å². The molecule has 0 spiro atoms. The van der Waals surface area contributed by atoms with Gasteiger partial charge in [-0.3, -0.25) is 9.36 Å². The Morgan fingerprint density at radius 3 is 2.52 bits per heavy atom. The van der Waals surface area contributed by atoms with Gasteiger partial charge in [0.2, 0.25) is 0 Å². The van der Waals surface area contributed by atoms with Gasteiger partial charge in [0.15, 0.2) is 0 Å². The molecule has 1 aromatic carbocycles. The lowest BCUT2D eigenvalue weighted by Gasteiger charge is -2.23. The van der Waals surface area contributed by atoms with E-state index in [9.17, 15) is 14.0 Å². The van der Waals surface area contributed by atoms with Crippen LogP contribution in [0.5, 0.6) is 0 Å². The second-order valence-electron chi connectivity index (χ2n) is 7.33. The zero-order chi connectivity index (χ0) is 18.7. The van der Waals surface area contributed by atoms with Gasteiger partial charge in [-0.1, -0.05) is 11.6 Å². The number of aromatic nitrogens is 2. The van der Waals surface area contributed by atoms with Crippen LogP contribution in [0.15, 0.2) is 15.7 Å². The molecule has 0 bridgehead atoms. The van der Waals surface area contributed by atoms with Crippen LogP contribution in [0.3, 0.4) is 0 Å². The Balaban J connectivity index is 0.00000210. The number of nitrogens with zero attached hydrogens (tertiary/aromatic N) is 3. The maximum atomic E-state index is 14.9. The summed E-state index contributed by atoms with van der Waals surface area (Å²) in [5.74, 6) is 5.26. The van der Waals surface area contributed by atoms with Crippen molar-refractivity contribution in [1.82, 2.24) is 9.24 Å². The van der Waals surface area contributed by atoms with E-state index in [2.05, 4.69) is 0 Å². The van der Waals surface area contributed by atoms with Gasteiger partial charge in [0.05, 0.1) is 21.6 Å². The van der Waals surface area contributed by atoms with Gasteiger partial charge in [0.1, 0.15) is 5.82 Å². The van der Waals surface area contributed by atoms with Crippen LogP contribution >= 0.6 is 24.0 Å². The number of nitrogen functional groups attached to an aromatic ring is 1. The minimum absolute atomic E-state index is 0. The molecular weight excluding hydrogens is 396 g/mol. The molecule has 2 aliphatic rings. The van der Waals surface area contributed by atoms with Crippen LogP contribution in [0.4, 0.5) is 10.1 Å². The van der Waals surface area contributed by atoms with Crippen LogP contribution in [0.1, 0.15) is 32.2 Å². The van der Waals surface area contributed by atoms with Crippen LogP contribution in [0.2, 0.25) is 5.02 Å². The lowest BCUT2D eigenvalue weighted by Crippen LogP contribution is -2.44.